The molecule has 4 heteroatoms. The lowest BCUT2D eigenvalue weighted by Crippen LogP contribution is -2.11. The monoisotopic (exact) mass is 273 g/mol. The first-order valence-corrected chi connectivity index (χ1v) is 6.65. The Balaban J connectivity index is 2.14. The Kier molecular flexibility index (Phi) is 2.54. The number of fused-ring (bicyclic) bond motifs is 2. The zero-order valence-corrected chi connectivity index (χ0v) is 11.1. The summed E-state index contributed by atoms with van der Waals surface area (Å²) in [6.45, 7) is 0. The Bertz CT molecular complexity index is 904. The summed E-state index contributed by atoms with van der Waals surface area (Å²) in [5.41, 5.74) is 2.30. The number of para-hydroxylation sites is 2. The van der Waals surface area contributed by atoms with Crippen LogP contribution in [0.3, 0.4) is 0 Å². The van der Waals surface area contributed by atoms with Crippen LogP contribution in [0.2, 0.25) is 0 Å². The van der Waals surface area contributed by atoms with E-state index in [1.165, 1.54) is 10.9 Å². The molecule has 2 heterocycles. The molecular formula is C17H11N3O. The summed E-state index contributed by atoms with van der Waals surface area (Å²) in [6, 6.07) is 15.4. The molecule has 0 spiro atoms. The molecule has 0 amide bonds. The lowest BCUT2D eigenvalue weighted by molar-refractivity contribution is 0.0963. The third-order valence-corrected chi connectivity index (χ3v) is 3.54. The van der Waals surface area contributed by atoms with Gasteiger partial charge in [0.1, 0.15) is 6.33 Å². The highest BCUT2D eigenvalue weighted by Gasteiger charge is 2.16. The molecular weight excluding hydrogens is 262 g/mol. The molecule has 0 aliphatic carbocycles. The van der Waals surface area contributed by atoms with Crippen molar-refractivity contribution in [1.82, 2.24) is 14.5 Å². The van der Waals surface area contributed by atoms with E-state index in [-0.39, 0.29) is 5.91 Å². The number of hydrogen-bond acceptors (Lipinski definition) is 3. The average Bonchev–Trinajstić information content (AvgIpc) is 3.06. The van der Waals surface area contributed by atoms with Crippen molar-refractivity contribution >= 4 is 27.7 Å². The van der Waals surface area contributed by atoms with E-state index in [1.54, 1.807) is 12.4 Å². The van der Waals surface area contributed by atoms with E-state index in [4.69, 9.17) is 0 Å². The van der Waals surface area contributed by atoms with Crippen LogP contribution in [0.1, 0.15) is 10.4 Å². The summed E-state index contributed by atoms with van der Waals surface area (Å²) in [5, 5.41) is 1.71. The van der Waals surface area contributed by atoms with Gasteiger partial charge in [0.15, 0.2) is 0 Å². The smallest absolute Gasteiger partial charge is 0.264 e. The van der Waals surface area contributed by atoms with Gasteiger partial charge in [-0.15, -0.1) is 0 Å². The summed E-state index contributed by atoms with van der Waals surface area (Å²) in [7, 11) is 0. The largest absolute Gasteiger partial charge is 0.272 e. The summed E-state index contributed by atoms with van der Waals surface area (Å²) < 4.78 is 1.49. The number of carbonyl (C=O) groups is 1. The van der Waals surface area contributed by atoms with Gasteiger partial charge in [-0.1, -0.05) is 36.4 Å². The lowest BCUT2D eigenvalue weighted by Gasteiger charge is -2.10. The first-order valence-electron chi connectivity index (χ1n) is 6.65. The fraction of sp³-hybridized carbons (Fsp3) is 0. The van der Waals surface area contributed by atoms with Crippen LogP contribution in [0.4, 0.5) is 0 Å². The number of hydrogen-bond donors (Lipinski definition) is 0. The van der Waals surface area contributed by atoms with Gasteiger partial charge in [-0.05, 0) is 12.1 Å². The van der Waals surface area contributed by atoms with Crippen LogP contribution < -0.4 is 0 Å². The second-order valence-corrected chi connectivity index (χ2v) is 4.80. The van der Waals surface area contributed by atoms with Crippen LogP contribution >= 0.6 is 0 Å². The number of aromatic nitrogens is 3. The molecule has 0 saturated heterocycles. The average molecular weight is 273 g/mol. The molecule has 21 heavy (non-hydrogen) atoms. The maximum absolute atomic E-state index is 12.8. The van der Waals surface area contributed by atoms with Gasteiger partial charge in [0.25, 0.3) is 5.91 Å². The number of nitrogens with zero attached hydrogens (tertiary/aromatic N) is 3. The van der Waals surface area contributed by atoms with Crippen molar-refractivity contribution in [3.8, 4) is 0 Å². The quantitative estimate of drug-likeness (QED) is 0.500. The molecule has 4 aromatic rings. The van der Waals surface area contributed by atoms with Gasteiger partial charge in [0, 0.05) is 23.2 Å². The zero-order chi connectivity index (χ0) is 14.2. The first kappa shape index (κ1) is 11.8. The summed E-state index contributed by atoms with van der Waals surface area (Å²) in [5.74, 6) is -0.0951. The lowest BCUT2D eigenvalue weighted by atomic mass is 10.0. The minimum atomic E-state index is -0.0951. The number of pyridine rings is 1. The second kappa shape index (κ2) is 4.52. The number of carbonyl (C=O) groups excluding carboxylic acids is 1. The Morgan fingerprint density at radius 1 is 0.905 bits per heavy atom. The molecule has 0 atom stereocenters. The van der Waals surface area contributed by atoms with Gasteiger partial charge in [0.2, 0.25) is 0 Å². The Morgan fingerprint density at radius 3 is 2.10 bits per heavy atom. The van der Waals surface area contributed by atoms with E-state index in [2.05, 4.69) is 9.97 Å². The third kappa shape index (κ3) is 1.80. The highest BCUT2D eigenvalue weighted by atomic mass is 16.2. The first-order chi connectivity index (χ1) is 10.3. The molecule has 4 rings (SSSR count). The zero-order valence-electron chi connectivity index (χ0n) is 11.1. The molecule has 100 valence electrons. The standard InChI is InChI=1S/C17H11N3O/c21-17(20-10-9-18-11-20)16-12-5-1-3-7-14(12)19-15-8-4-2-6-13(15)16/h1-11H. The predicted octanol–water partition coefficient (Wildman–Crippen LogP) is 3.27. The summed E-state index contributed by atoms with van der Waals surface area (Å²) >= 11 is 0. The fourth-order valence-corrected chi connectivity index (χ4v) is 2.58. The van der Waals surface area contributed by atoms with Crippen molar-refractivity contribution in [3.63, 3.8) is 0 Å². The van der Waals surface area contributed by atoms with E-state index in [0.717, 1.165) is 21.8 Å². The molecule has 2 aromatic heterocycles. The highest BCUT2D eigenvalue weighted by Crippen LogP contribution is 2.26. The van der Waals surface area contributed by atoms with E-state index >= 15 is 0 Å². The minimum Gasteiger partial charge on any atom is -0.272 e. The van der Waals surface area contributed by atoms with E-state index in [1.807, 2.05) is 48.5 Å². The van der Waals surface area contributed by atoms with Gasteiger partial charge in [0.05, 0.1) is 16.6 Å². The number of benzene rings is 2. The van der Waals surface area contributed by atoms with Crippen molar-refractivity contribution in [2.45, 2.75) is 0 Å². The Hall–Kier alpha value is -3.01. The van der Waals surface area contributed by atoms with Crippen LogP contribution in [0.5, 0.6) is 0 Å². The van der Waals surface area contributed by atoms with Gasteiger partial charge < -0.3 is 0 Å². The Morgan fingerprint density at radius 2 is 1.52 bits per heavy atom. The van der Waals surface area contributed by atoms with Crippen LogP contribution in [-0.4, -0.2) is 20.4 Å². The maximum atomic E-state index is 12.8. The summed E-state index contributed by atoms with van der Waals surface area (Å²) in [4.78, 5) is 21.4. The fourth-order valence-electron chi connectivity index (χ4n) is 2.58. The molecule has 2 aromatic carbocycles. The van der Waals surface area contributed by atoms with Crippen LogP contribution in [0, 0.1) is 0 Å². The Labute approximate surface area is 120 Å². The van der Waals surface area contributed by atoms with Gasteiger partial charge in [-0.25, -0.2) is 9.97 Å². The van der Waals surface area contributed by atoms with Crippen LogP contribution in [0.15, 0.2) is 67.3 Å². The molecule has 0 N–H and O–H groups in total. The van der Waals surface area contributed by atoms with Gasteiger partial charge in [-0.2, -0.15) is 0 Å². The van der Waals surface area contributed by atoms with E-state index < -0.39 is 0 Å². The molecule has 0 saturated carbocycles. The normalized spacial score (nSPS) is 11.0. The molecule has 0 radical (unpaired) electrons. The molecule has 0 fully saturated rings. The van der Waals surface area contributed by atoms with Crippen LogP contribution in [0.25, 0.3) is 21.8 Å². The second-order valence-electron chi connectivity index (χ2n) is 4.80. The maximum Gasteiger partial charge on any atom is 0.264 e. The topological polar surface area (TPSA) is 47.8 Å². The number of rotatable bonds is 1. The summed E-state index contributed by atoms with van der Waals surface area (Å²) in [6.07, 6.45) is 4.78. The van der Waals surface area contributed by atoms with Crippen molar-refractivity contribution < 1.29 is 4.79 Å². The number of imidazole rings is 1. The van der Waals surface area contributed by atoms with E-state index in [0.29, 0.717) is 5.56 Å². The minimum absolute atomic E-state index is 0.0951. The molecule has 0 aliphatic rings. The molecule has 0 bridgehead atoms. The van der Waals surface area contributed by atoms with Crippen molar-refractivity contribution in [1.29, 1.82) is 0 Å². The van der Waals surface area contributed by atoms with Gasteiger partial charge >= 0.3 is 0 Å². The molecule has 0 aliphatic heterocycles. The van der Waals surface area contributed by atoms with Crippen LogP contribution in [-0.2, 0) is 0 Å². The molecule has 0 unspecified atom stereocenters. The predicted molar refractivity (Wildman–Crippen MR) is 81.2 cm³/mol. The van der Waals surface area contributed by atoms with Crippen molar-refractivity contribution in [3.05, 3.63) is 72.8 Å². The van der Waals surface area contributed by atoms with Crippen molar-refractivity contribution in [2.75, 3.05) is 0 Å². The SMILES string of the molecule is O=C(c1c2ccccc2nc2ccccc12)n1ccnc1. The van der Waals surface area contributed by atoms with Gasteiger partial charge in [-0.3, -0.25) is 9.36 Å². The molecule has 4 nitrogen and oxygen atoms in total. The highest BCUT2D eigenvalue weighted by molar-refractivity contribution is 6.16. The van der Waals surface area contributed by atoms with E-state index in [9.17, 15) is 4.79 Å². The van der Waals surface area contributed by atoms with Crippen molar-refractivity contribution in [2.24, 2.45) is 0 Å². The third-order valence-electron chi connectivity index (χ3n) is 3.54.